The summed E-state index contributed by atoms with van der Waals surface area (Å²) in [6, 6.07) is 13.1. The minimum absolute atomic E-state index is 0.129. The summed E-state index contributed by atoms with van der Waals surface area (Å²) in [6.07, 6.45) is 1.41. The van der Waals surface area contributed by atoms with Crippen molar-refractivity contribution in [2.45, 2.75) is 30.7 Å². The van der Waals surface area contributed by atoms with Crippen LogP contribution in [0, 0.1) is 6.92 Å². The van der Waals surface area contributed by atoms with E-state index in [1.54, 1.807) is 6.07 Å². The maximum absolute atomic E-state index is 12.8. The molecular formula is C20H21N3O4S. The minimum atomic E-state index is -3.65. The fraction of sp³-hybridized carbons (Fsp3) is 0.300. The van der Waals surface area contributed by atoms with Crippen molar-refractivity contribution < 1.29 is 12.8 Å². The van der Waals surface area contributed by atoms with Crippen molar-refractivity contribution in [2.75, 3.05) is 18.0 Å². The number of nitrogens with zero attached hydrogens (tertiary/aromatic N) is 2. The molecular weight excluding hydrogens is 378 g/mol. The van der Waals surface area contributed by atoms with E-state index in [2.05, 4.69) is 14.6 Å². The van der Waals surface area contributed by atoms with Gasteiger partial charge in [0.1, 0.15) is 11.4 Å². The van der Waals surface area contributed by atoms with Gasteiger partial charge in [-0.2, -0.15) is 0 Å². The highest BCUT2D eigenvalue weighted by atomic mass is 32.2. The van der Waals surface area contributed by atoms with Gasteiger partial charge in [-0.15, -0.1) is 0 Å². The monoisotopic (exact) mass is 399 g/mol. The average Bonchev–Trinajstić information content (AvgIpc) is 2.68. The molecule has 1 aromatic carbocycles. The van der Waals surface area contributed by atoms with Crippen molar-refractivity contribution in [3.8, 4) is 0 Å². The van der Waals surface area contributed by atoms with Gasteiger partial charge in [-0.05, 0) is 56.2 Å². The van der Waals surface area contributed by atoms with E-state index >= 15 is 0 Å². The first-order valence-electron chi connectivity index (χ1n) is 9.16. The minimum Gasteiger partial charge on any atom is -0.423 e. The number of pyridine rings is 1. The van der Waals surface area contributed by atoms with E-state index in [-0.39, 0.29) is 10.9 Å². The molecule has 0 unspecified atom stereocenters. The lowest BCUT2D eigenvalue weighted by Gasteiger charge is -2.33. The standard InChI is InChI=1S/C20H21N3O4S/c1-14-3-2-4-19(21-14)23-11-9-16(10-12-23)22-28(25,26)17-6-7-18-15(13-17)5-8-20(24)27-18/h2-8,13,16,22H,9-12H2,1H3. The molecule has 0 saturated carbocycles. The van der Waals surface area contributed by atoms with Crippen LogP contribution in [-0.4, -0.2) is 32.5 Å². The molecule has 0 aliphatic carbocycles. The van der Waals surface area contributed by atoms with Crippen LogP contribution in [0.4, 0.5) is 5.82 Å². The highest BCUT2D eigenvalue weighted by Gasteiger charge is 2.25. The van der Waals surface area contributed by atoms with Gasteiger partial charge in [0.15, 0.2) is 0 Å². The Morgan fingerprint density at radius 3 is 2.64 bits per heavy atom. The van der Waals surface area contributed by atoms with Crippen LogP contribution in [0.1, 0.15) is 18.5 Å². The topological polar surface area (TPSA) is 92.5 Å². The third kappa shape index (κ3) is 3.93. The van der Waals surface area contributed by atoms with Crippen LogP contribution in [0.3, 0.4) is 0 Å². The Balaban J connectivity index is 1.45. The summed E-state index contributed by atoms with van der Waals surface area (Å²) in [6.45, 7) is 3.44. The lowest BCUT2D eigenvalue weighted by Crippen LogP contribution is -2.44. The lowest BCUT2D eigenvalue weighted by molar-refractivity contribution is 0.458. The van der Waals surface area contributed by atoms with Gasteiger partial charge in [0, 0.05) is 36.3 Å². The summed E-state index contributed by atoms with van der Waals surface area (Å²) in [4.78, 5) is 18.1. The molecule has 0 radical (unpaired) electrons. The molecule has 0 spiro atoms. The van der Waals surface area contributed by atoms with E-state index in [1.807, 2.05) is 25.1 Å². The van der Waals surface area contributed by atoms with Gasteiger partial charge >= 0.3 is 5.63 Å². The number of piperidine rings is 1. The van der Waals surface area contributed by atoms with E-state index in [4.69, 9.17) is 4.42 Å². The van der Waals surface area contributed by atoms with E-state index in [9.17, 15) is 13.2 Å². The van der Waals surface area contributed by atoms with Crippen molar-refractivity contribution in [2.24, 2.45) is 0 Å². The molecule has 0 bridgehead atoms. The molecule has 2 aromatic heterocycles. The van der Waals surface area contributed by atoms with Crippen LogP contribution in [0.2, 0.25) is 0 Å². The first kappa shape index (κ1) is 18.6. The molecule has 1 saturated heterocycles. The van der Waals surface area contributed by atoms with Crippen molar-refractivity contribution in [1.29, 1.82) is 0 Å². The maximum atomic E-state index is 12.8. The second-order valence-electron chi connectivity index (χ2n) is 6.97. The molecule has 1 fully saturated rings. The van der Waals surface area contributed by atoms with Gasteiger partial charge in [-0.3, -0.25) is 0 Å². The van der Waals surface area contributed by atoms with Gasteiger partial charge in [-0.1, -0.05) is 6.07 Å². The van der Waals surface area contributed by atoms with E-state index < -0.39 is 15.6 Å². The predicted molar refractivity (Wildman–Crippen MR) is 107 cm³/mol. The first-order valence-corrected chi connectivity index (χ1v) is 10.6. The molecule has 1 aliphatic rings. The normalized spacial score (nSPS) is 15.8. The molecule has 146 valence electrons. The zero-order valence-corrected chi connectivity index (χ0v) is 16.3. The van der Waals surface area contributed by atoms with Crippen LogP contribution in [0.5, 0.6) is 0 Å². The number of rotatable bonds is 4. The van der Waals surface area contributed by atoms with E-state index in [0.29, 0.717) is 23.8 Å². The zero-order valence-electron chi connectivity index (χ0n) is 15.5. The lowest BCUT2D eigenvalue weighted by atomic mass is 10.1. The molecule has 1 N–H and O–H groups in total. The summed E-state index contributed by atoms with van der Waals surface area (Å²) >= 11 is 0. The second-order valence-corrected chi connectivity index (χ2v) is 8.69. The third-order valence-electron chi connectivity index (χ3n) is 4.92. The molecule has 8 heteroatoms. The zero-order chi connectivity index (χ0) is 19.7. The van der Waals surface area contributed by atoms with Gasteiger partial charge in [0.25, 0.3) is 0 Å². The Hall–Kier alpha value is -2.71. The SMILES string of the molecule is Cc1cccc(N2CCC(NS(=O)(=O)c3ccc4oc(=O)ccc4c3)CC2)n1. The highest BCUT2D eigenvalue weighted by molar-refractivity contribution is 7.89. The van der Waals surface area contributed by atoms with E-state index in [0.717, 1.165) is 24.6 Å². The number of sulfonamides is 1. The Labute approximate surface area is 163 Å². The predicted octanol–water partition coefficient (Wildman–Crippen LogP) is 2.44. The average molecular weight is 399 g/mol. The van der Waals surface area contributed by atoms with Crippen molar-refractivity contribution in [1.82, 2.24) is 9.71 Å². The Bertz CT molecular complexity index is 1170. The smallest absolute Gasteiger partial charge is 0.336 e. The van der Waals surface area contributed by atoms with Crippen LogP contribution in [0.25, 0.3) is 11.0 Å². The summed E-state index contributed by atoms with van der Waals surface area (Å²) in [5, 5.41) is 0.572. The highest BCUT2D eigenvalue weighted by Crippen LogP contribution is 2.21. The Kier molecular flexibility index (Phi) is 4.91. The number of aromatic nitrogens is 1. The van der Waals surface area contributed by atoms with Gasteiger partial charge in [-0.25, -0.2) is 22.9 Å². The molecule has 1 aliphatic heterocycles. The molecule has 3 heterocycles. The summed E-state index contributed by atoms with van der Waals surface area (Å²) in [5.41, 5.74) is 0.869. The van der Waals surface area contributed by atoms with Crippen LogP contribution < -0.4 is 15.2 Å². The molecule has 7 nitrogen and oxygen atoms in total. The number of aryl methyl sites for hydroxylation is 1. The van der Waals surface area contributed by atoms with Crippen molar-refractivity contribution in [3.63, 3.8) is 0 Å². The molecule has 0 atom stereocenters. The Morgan fingerprint density at radius 1 is 1.11 bits per heavy atom. The number of hydrogen-bond acceptors (Lipinski definition) is 6. The van der Waals surface area contributed by atoms with Crippen molar-refractivity contribution in [3.05, 3.63) is 64.6 Å². The first-order chi connectivity index (χ1) is 13.4. The molecule has 0 amide bonds. The number of anilines is 1. The fourth-order valence-electron chi connectivity index (χ4n) is 3.44. The van der Waals surface area contributed by atoms with Gasteiger partial charge < -0.3 is 9.32 Å². The van der Waals surface area contributed by atoms with Crippen molar-refractivity contribution >= 4 is 26.8 Å². The number of hydrogen-bond donors (Lipinski definition) is 1. The summed E-state index contributed by atoms with van der Waals surface area (Å²) in [7, 11) is -3.65. The van der Waals surface area contributed by atoms with E-state index in [1.165, 1.54) is 24.3 Å². The third-order valence-corrected chi connectivity index (χ3v) is 6.43. The maximum Gasteiger partial charge on any atom is 0.336 e. The number of benzene rings is 1. The summed E-state index contributed by atoms with van der Waals surface area (Å²) in [5.74, 6) is 0.928. The number of nitrogens with one attached hydrogen (secondary N) is 1. The van der Waals surface area contributed by atoms with Gasteiger partial charge in [0.2, 0.25) is 10.0 Å². The summed E-state index contributed by atoms with van der Waals surface area (Å²) < 4.78 is 33.4. The molecule has 3 aromatic rings. The van der Waals surface area contributed by atoms with Crippen LogP contribution in [-0.2, 0) is 10.0 Å². The molecule has 28 heavy (non-hydrogen) atoms. The number of fused-ring (bicyclic) bond motifs is 1. The van der Waals surface area contributed by atoms with Gasteiger partial charge in [0.05, 0.1) is 4.90 Å². The second kappa shape index (κ2) is 7.37. The quantitative estimate of drug-likeness (QED) is 0.678. The fourth-order valence-corrected chi connectivity index (χ4v) is 4.78. The van der Waals surface area contributed by atoms with Crippen LogP contribution in [0.15, 0.2) is 62.6 Å². The molecule has 4 rings (SSSR count). The van der Waals surface area contributed by atoms with Crippen LogP contribution >= 0.6 is 0 Å². The largest absolute Gasteiger partial charge is 0.423 e. The Morgan fingerprint density at radius 2 is 1.89 bits per heavy atom.